The van der Waals surface area contributed by atoms with Gasteiger partial charge in [0.2, 0.25) is 0 Å². The minimum atomic E-state index is -1.13. The van der Waals surface area contributed by atoms with Gasteiger partial charge in [0.25, 0.3) is 5.91 Å². The van der Waals surface area contributed by atoms with Crippen LogP contribution in [0.5, 0.6) is 0 Å². The summed E-state index contributed by atoms with van der Waals surface area (Å²) in [6.07, 6.45) is 4.90. The highest BCUT2D eigenvalue weighted by molar-refractivity contribution is 5.96. The van der Waals surface area contributed by atoms with E-state index in [0.29, 0.717) is 24.6 Å². The van der Waals surface area contributed by atoms with E-state index in [1.165, 1.54) is 18.0 Å². The topological polar surface area (TPSA) is 88.3 Å². The van der Waals surface area contributed by atoms with Crippen LogP contribution in [0.1, 0.15) is 45.3 Å². The van der Waals surface area contributed by atoms with Gasteiger partial charge in [-0.1, -0.05) is 0 Å². The fourth-order valence-corrected chi connectivity index (χ4v) is 3.03. The Kier molecular flexibility index (Phi) is 4.10. The Morgan fingerprint density at radius 1 is 1.22 bits per heavy atom. The van der Waals surface area contributed by atoms with Crippen LogP contribution < -0.4 is 0 Å². The molecule has 23 heavy (non-hydrogen) atoms. The highest BCUT2D eigenvalue weighted by atomic mass is 16.4. The lowest BCUT2D eigenvalue weighted by Crippen LogP contribution is -2.38. The van der Waals surface area contributed by atoms with Crippen molar-refractivity contribution in [1.82, 2.24) is 19.7 Å². The van der Waals surface area contributed by atoms with Gasteiger partial charge in [-0.2, -0.15) is 5.10 Å². The third-order valence-electron chi connectivity index (χ3n) is 4.29. The van der Waals surface area contributed by atoms with Crippen LogP contribution in [0.3, 0.4) is 0 Å². The summed E-state index contributed by atoms with van der Waals surface area (Å²) in [5.41, 5.74) is 1.45. The van der Waals surface area contributed by atoms with Crippen molar-refractivity contribution in [3.05, 3.63) is 47.5 Å². The van der Waals surface area contributed by atoms with Crippen LogP contribution in [0.15, 0.2) is 30.6 Å². The zero-order valence-electron chi connectivity index (χ0n) is 12.8. The van der Waals surface area contributed by atoms with Gasteiger partial charge in [-0.05, 0) is 31.0 Å². The van der Waals surface area contributed by atoms with Crippen molar-refractivity contribution < 1.29 is 14.7 Å². The van der Waals surface area contributed by atoms with E-state index in [-0.39, 0.29) is 11.6 Å². The van der Waals surface area contributed by atoms with E-state index in [1.54, 1.807) is 17.2 Å². The Morgan fingerprint density at radius 3 is 2.57 bits per heavy atom. The summed E-state index contributed by atoms with van der Waals surface area (Å²) in [7, 11) is 1.93. The number of rotatable bonds is 3. The molecular formula is C16H18N4O3. The van der Waals surface area contributed by atoms with Gasteiger partial charge in [0, 0.05) is 49.7 Å². The first kappa shape index (κ1) is 15.2. The molecule has 1 saturated heterocycles. The number of hydrogen-bond donors (Lipinski definition) is 1. The van der Waals surface area contributed by atoms with E-state index in [1.807, 2.05) is 17.8 Å². The van der Waals surface area contributed by atoms with Crippen LogP contribution in [-0.4, -0.2) is 49.7 Å². The van der Waals surface area contributed by atoms with E-state index in [4.69, 9.17) is 5.11 Å². The number of amides is 1. The summed E-state index contributed by atoms with van der Waals surface area (Å²) in [6, 6.07) is 4.91. The highest BCUT2D eigenvalue weighted by Gasteiger charge is 2.26. The second kappa shape index (κ2) is 6.20. The summed E-state index contributed by atoms with van der Waals surface area (Å²) >= 11 is 0. The standard InChI is InChI=1S/C16H18N4O3/c1-19-14(3-7-18-19)11-4-8-20(9-5-11)15(21)12-2-6-17-13(10-12)16(22)23/h2-3,6-7,10-11H,4-5,8-9H2,1H3,(H,22,23). The van der Waals surface area contributed by atoms with Gasteiger partial charge in [0.15, 0.2) is 0 Å². The van der Waals surface area contributed by atoms with Crippen molar-refractivity contribution in [3.63, 3.8) is 0 Å². The van der Waals surface area contributed by atoms with Gasteiger partial charge in [-0.25, -0.2) is 9.78 Å². The molecule has 0 spiro atoms. The average Bonchev–Trinajstić information content (AvgIpc) is 3.00. The molecule has 3 heterocycles. The minimum absolute atomic E-state index is 0.111. The highest BCUT2D eigenvalue weighted by Crippen LogP contribution is 2.28. The quantitative estimate of drug-likeness (QED) is 0.928. The molecule has 0 unspecified atom stereocenters. The number of carbonyl (C=O) groups excluding carboxylic acids is 1. The molecule has 1 N–H and O–H groups in total. The van der Waals surface area contributed by atoms with Gasteiger partial charge in [0.05, 0.1) is 0 Å². The van der Waals surface area contributed by atoms with Crippen molar-refractivity contribution in [3.8, 4) is 0 Å². The zero-order chi connectivity index (χ0) is 16.4. The van der Waals surface area contributed by atoms with Crippen molar-refractivity contribution in [2.24, 2.45) is 7.05 Å². The molecule has 7 heteroatoms. The molecular weight excluding hydrogens is 296 g/mol. The van der Waals surface area contributed by atoms with Crippen LogP contribution in [0.2, 0.25) is 0 Å². The van der Waals surface area contributed by atoms with Gasteiger partial charge >= 0.3 is 5.97 Å². The molecule has 0 radical (unpaired) electrons. The van der Waals surface area contributed by atoms with Crippen LogP contribution >= 0.6 is 0 Å². The summed E-state index contributed by atoms with van der Waals surface area (Å²) in [4.78, 5) is 29.0. The Hall–Kier alpha value is -2.70. The molecule has 0 aliphatic carbocycles. The summed E-state index contributed by atoms with van der Waals surface area (Å²) in [6.45, 7) is 1.30. The molecule has 0 bridgehead atoms. The van der Waals surface area contributed by atoms with E-state index >= 15 is 0 Å². The molecule has 3 rings (SSSR count). The number of hydrogen-bond acceptors (Lipinski definition) is 4. The monoisotopic (exact) mass is 314 g/mol. The molecule has 120 valence electrons. The fourth-order valence-electron chi connectivity index (χ4n) is 3.03. The lowest BCUT2D eigenvalue weighted by atomic mass is 9.93. The van der Waals surface area contributed by atoms with E-state index in [0.717, 1.165) is 12.8 Å². The number of carbonyl (C=O) groups is 2. The molecule has 1 amide bonds. The van der Waals surface area contributed by atoms with Crippen LogP contribution in [-0.2, 0) is 7.05 Å². The minimum Gasteiger partial charge on any atom is -0.477 e. The molecule has 2 aromatic rings. The van der Waals surface area contributed by atoms with Crippen LogP contribution in [0, 0.1) is 0 Å². The van der Waals surface area contributed by atoms with E-state index < -0.39 is 5.97 Å². The molecule has 2 aromatic heterocycles. The molecule has 0 aromatic carbocycles. The lowest BCUT2D eigenvalue weighted by molar-refractivity contribution is 0.0690. The third-order valence-corrected chi connectivity index (χ3v) is 4.29. The van der Waals surface area contributed by atoms with Crippen molar-refractivity contribution in [2.45, 2.75) is 18.8 Å². The largest absolute Gasteiger partial charge is 0.477 e. The maximum absolute atomic E-state index is 12.5. The fraction of sp³-hybridized carbons (Fsp3) is 0.375. The third kappa shape index (κ3) is 3.08. The number of aryl methyl sites for hydroxylation is 1. The molecule has 7 nitrogen and oxygen atoms in total. The number of aromatic nitrogens is 3. The average molecular weight is 314 g/mol. The molecule has 0 atom stereocenters. The number of nitrogens with zero attached hydrogens (tertiary/aromatic N) is 4. The van der Waals surface area contributed by atoms with Gasteiger partial charge in [-0.15, -0.1) is 0 Å². The number of piperidine rings is 1. The predicted molar refractivity (Wildman–Crippen MR) is 82.3 cm³/mol. The van der Waals surface area contributed by atoms with Gasteiger partial charge < -0.3 is 10.0 Å². The Labute approximate surface area is 133 Å². The summed E-state index contributed by atoms with van der Waals surface area (Å²) < 4.78 is 1.88. The predicted octanol–water partition coefficient (Wildman–Crippen LogP) is 1.53. The second-order valence-corrected chi connectivity index (χ2v) is 5.68. The van der Waals surface area contributed by atoms with Gasteiger partial charge in [0.1, 0.15) is 5.69 Å². The summed E-state index contributed by atoms with van der Waals surface area (Å²) in [5, 5.41) is 13.2. The maximum atomic E-state index is 12.5. The van der Waals surface area contributed by atoms with E-state index in [2.05, 4.69) is 10.1 Å². The van der Waals surface area contributed by atoms with Crippen molar-refractivity contribution in [1.29, 1.82) is 0 Å². The van der Waals surface area contributed by atoms with Crippen LogP contribution in [0.25, 0.3) is 0 Å². The number of likely N-dealkylation sites (tertiary alicyclic amines) is 1. The van der Waals surface area contributed by atoms with Gasteiger partial charge in [-0.3, -0.25) is 9.48 Å². The Balaban J connectivity index is 1.68. The first-order chi connectivity index (χ1) is 11.1. The van der Waals surface area contributed by atoms with Crippen molar-refractivity contribution in [2.75, 3.05) is 13.1 Å². The first-order valence-electron chi connectivity index (χ1n) is 7.53. The zero-order valence-corrected chi connectivity index (χ0v) is 12.8. The lowest BCUT2D eigenvalue weighted by Gasteiger charge is -2.32. The number of carboxylic acid groups (broad SMARTS) is 1. The molecule has 1 fully saturated rings. The Bertz CT molecular complexity index is 732. The normalized spacial score (nSPS) is 15.6. The molecule has 0 saturated carbocycles. The first-order valence-corrected chi connectivity index (χ1v) is 7.53. The van der Waals surface area contributed by atoms with E-state index in [9.17, 15) is 9.59 Å². The number of carboxylic acids is 1. The maximum Gasteiger partial charge on any atom is 0.354 e. The summed E-state index contributed by atoms with van der Waals surface area (Å²) in [5.74, 6) is -0.869. The Morgan fingerprint density at radius 2 is 1.96 bits per heavy atom. The molecule has 1 aliphatic rings. The SMILES string of the molecule is Cn1nccc1C1CCN(C(=O)c2ccnc(C(=O)O)c2)CC1. The van der Waals surface area contributed by atoms with Crippen LogP contribution in [0.4, 0.5) is 0 Å². The second-order valence-electron chi connectivity index (χ2n) is 5.68. The smallest absolute Gasteiger partial charge is 0.354 e. The number of pyridine rings is 1. The van der Waals surface area contributed by atoms with Crippen molar-refractivity contribution >= 4 is 11.9 Å². The molecule has 1 aliphatic heterocycles. The number of aromatic carboxylic acids is 1.